The molecule has 2 N–H and O–H groups in total. The molecule has 0 aliphatic carbocycles. The highest BCUT2D eigenvalue weighted by atomic mass is 16.3. The van der Waals surface area contributed by atoms with E-state index in [0.717, 1.165) is 38.5 Å². The molecule has 0 aliphatic heterocycles. The average Bonchev–Trinajstić information content (AvgIpc) is 2.45. The van der Waals surface area contributed by atoms with Gasteiger partial charge in [0.15, 0.2) is 0 Å². The van der Waals surface area contributed by atoms with E-state index in [-0.39, 0.29) is 12.2 Å². The van der Waals surface area contributed by atoms with Gasteiger partial charge in [-0.25, -0.2) is 0 Å². The maximum Gasteiger partial charge on any atom is 0.0718 e. The lowest BCUT2D eigenvalue weighted by Gasteiger charge is -2.09. The van der Waals surface area contributed by atoms with Crippen molar-refractivity contribution in [2.24, 2.45) is 0 Å². The van der Waals surface area contributed by atoms with Gasteiger partial charge in [-0.2, -0.15) is 0 Å². The molecule has 0 spiro atoms. The van der Waals surface area contributed by atoms with E-state index in [0.29, 0.717) is 0 Å². The van der Waals surface area contributed by atoms with Crippen LogP contribution in [0.15, 0.2) is 12.2 Å². The van der Waals surface area contributed by atoms with E-state index in [1.807, 2.05) is 19.1 Å². The molecule has 20 heavy (non-hydrogen) atoms. The Morgan fingerprint density at radius 3 is 2.05 bits per heavy atom. The molecule has 0 heterocycles. The fourth-order valence-electron chi connectivity index (χ4n) is 2.34. The minimum absolute atomic E-state index is 0.129. The van der Waals surface area contributed by atoms with E-state index in [2.05, 4.69) is 6.92 Å². The van der Waals surface area contributed by atoms with Crippen LogP contribution in [-0.2, 0) is 0 Å². The molecule has 120 valence electrons. The largest absolute Gasteiger partial charge is 0.393 e. The van der Waals surface area contributed by atoms with Crippen LogP contribution in [0.3, 0.4) is 0 Å². The summed E-state index contributed by atoms with van der Waals surface area (Å²) in [6.45, 7) is 4.22. The second-order valence-corrected chi connectivity index (χ2v) is 5.90. The SMILES string of the molecule is CCCCCCCCCC(O)CCC/C=C/C(O)CC. The molecule has 0 saturated heterocycles. The van der Waals surface area contributed by atoms with Crippen molar-refractivity contribution in [3.63, 3.8) is 0 Å². The number of rotatable bonds is 14. The number of hydrogen-bond donors (Lipinski definition) is 2. The lowest BCUT2D eigenvalue weighted by Crippen LogP contribution is -2.05. The fourth-order valence-corrected chi connectivity index (χ4v) is 2.34. The van der Waals surface area contributed by atoms with Crippen LogP contribution in [-0.4, -0.2) is 22.4 Å². The zero-order valence-electron chi connectivity index (χ0n) is 13.7. The molecule has 0 aliphatic rings. The lowest BCUT2D eigenvalue weighted by molar-refractivity contribution is 0.148. The van der Waals surface area contributed by atoms with Crippen molar-refractivity contribution in [1.82, 2.24) is 0 Å². The number of allylic oxidation sites excluding steroid dienone is 1. The van der Waals surface area contributed by atoms with Crippen LogP contribution in [0.5, 0.6) is 0 Å². The predicted octanol–water partition coefficient (Wildman–Crippen LogP) is 4.99. The normalized spacial score (nSPS) is 14.8. The fraction of sp³-hybridized carbons (Fsp3) is 0.889. The second kappa shape index (κ2) is 15.1. The predicted molar refractivity (Wildman–Crippen MR) is 87.9 cm³/mol. The molecule has 0 aromatic carbocycles. The molecular formula is C18H36O2. The Kier molecular flexibility index (Phi) is 14.8. The highest BCUT2D eigenvalue weighted by Gasteiger charge is 2.03. The third-order valence-corrected chi connectivity index (χ3v) is 3.83. The van der Waals surface area contributed by atoms with Gasteiger partial charge < -0.3 is 10.2 Å². The maximum atomic E-state index is 9.87. The van der Waals surface area contributed by atoms with Crippen molar-refractivity contribution in [1.29, 1.82) is 0 Å². The Morgan fingerprint density at radius 1 is 0.800 bits per heavy atom. The minimum Gasteiger partial charge on any atom is -0.393 e. The van der Waals surface area contributed by atoms with Crippen LogP contribution in [0.1, 0.15) is 90.9 Å². The van der Waals surface area contributed by atoms with Crippen LogP contribution in [0.4, 0.5) is 0 Å². The smallest absolute Gasteiger partial charge is 0.0718 e. The highest BCUT2D eigenvalue weighted by Crippen LogP contribution is 2.12. The quantitative estimate of drug-likeness (QED) is 0.348. The zero-order valence-corrected chi connectivity index (χ0v) is 13.7. The van der Waals surface area contributed by atoms with Crippen molar-refractivity contribution < 1.29 is 10.2 Å². The van der Waals surface area contributed by atoms with Gasteiger partial charge >= 0.3 is 0 Å². The number of aliphatic hydroxyl groups excluding tert-OH is 2. The molecule has 0 aromatic heterocycles. The number of aliphatic hydroxyl groups is 2. The zero-order chi connectivity index (χ0) is 15.1. The van der Waals surface area contributed by atoms with E-state index < -0.39 is 0 Å². The molecule has 2 unspecified atom stereocenters. The summed E-state index contributed by atoms with van der Waals surface area (Å²) in [6.07, 6.45) is 17.2. The van der Waals surface area contributed by atoms with Gasteiger partial charge in [-0.1, -0.05) is 70.9 Å². The van der Waals surface area contributed by atoms with Gasteiger partial charge in [0, 0.05) is 0 Å². The summed E-state index contributed by atoms with van der Waals surface area (Å²) < 4.78 is 0. The Balaban J connectivity index is 3.28. The summed E-state index contributed by atoms with van der Waals surface area (Å²) in [4.78, 5) is 0. The Labute approximate surface area is 126 Å². The van der Waals surface area contributed by atoms with Crippen LogP contribution in [0.25, 0.3) is 0 Å². The molecule has 2 atom stereocenters. The highest BCUT2D eigenvalue weighted by molar-refractivity contribution is 4.87. The van der Waals surface area contributed by atoms with E-state index in [1.165, 1.54) is 38.5 Å². The van der Waals surface area contributed by atoms with E-state index in [4.69, 9.17) is 0 Å². The average molecular weight is 284 g/mol. The molecule has 0 bridgehead atoms. The van der Waals surface area contributed by atoms with Gasteiger partial charge in [-0.05, 0) is 32.1 Å². The van der Waals surface area contributed by atoms with Gasteiger partial charge in [-0.3, -0.25) is 0 Å². The van der Waals surface area contributed by atoms with E-state index in [9.17, 15) is 10.2 Å². The maximum absolute atomic E-state index is 9.87. The first kappa shape index (κ1) is 19.7. The van der Waals surface area contributed by atoms with Gasteiger partial charge in [0.25, 0.3) is 0 Å². The summed E-state index contributed by atoms with van der Waals surface area (Å²) in [7, 11) is 0. The number of hydrogen-bond acceptors (Lipinski definition) is 2. The summed E-state index contributed by atoms with van der Waals surface area (Å²) in [5, 5.41) is 19.2. The van der Waals surface area contributed by atoms with Crippen molar-refractivity contribution >= 4 is 0 Å². The summed E-state index contributed by atoms with van der Waals surface area (Å²) in [5.41, 5.74) is 0. The molecule has 0 rings (SSSR count). The van der Waals surface area contributed by atoms with Crippen molar-refractivity contribution in [3.8, 4) is 0 Å². The first-order valence-corrected chi connectivity index (χ1v) is 8.73. The van der Waals surface area contributed by atoms with Gasteiger partial charge in [0.2, 0.25) is 0 Å². The topological polar surface area (TPSA) is 40.5 Å². The van der Waals surface area contributed by atoms with Crippen molar-refractivity contribution in [3.05, 3.63) is 12.2 Å². The number of unbranched alkanes of at least 4 members (excludes halogenated alkanes) is 7. The van der Waals surface area contributed by atoms with Crippen molar-refractivity contribution in [2.75, 3.05) is 0 Å². The van der Waals surface area contributed by atoms with Crippen LogP contribution < -0.4 is 0 Å². The summed E-state index contributed by atoms with van der Waals surface area (Å²) >= 11 is 0. The van der Waals surface area contributed by atoms with Gasteiger partial charge in [0.05, 0.1) is 12.2 Å². The Bertz CT molecular complexity index is 213. The molecular weight excluding hydrogens is 248 g/mol. The minimum atomic E-state index is -0.298. The van der Waals surface area contributed by atoms with Crippen LogP contribution in [0, 0.1) is 0 Å². The van der Waals surface area contributed by atoms with Crippen LogP contribution >= 0.6 is 0 Å². The molecule has 0 amide bonds. The third-order valence-electron chi connectivity index (χ3n) is 3.83. The van der Waals surface area contributed by atoms with E-state index in [1.54, 1.807) is 0 Å². The van der Waals surface area contributed by atoms with Crippen molar-refractivity contribution in [2.45, 2.75) is 103 Å². The van der Waals surface area contributed by atoms with Crippen LogP contribution in [0.2, 0.25) is 0 Å². The second-order valence-electron chi connectivity index (χ2n) is 5.90. The molecule has 0 saturated carbocycles. The summed E-state index contributed by atoms with van der Waals surface area (Å²) in [6, 6.07) is 0. The monoisotopic (exact) mass is 284 g/mol. The Morgan fingerprint density at radius 2 is 1.40 bits per heavy atom. The first-order chi connectivity index (χ1) is 9.70. The molecule has 0 fully saturated rings. The third kappa shape index (κ3) is 14.1. The van der Waals surface area contributed by atoms with Gasteiger partial charge in [-0.15, -0.1) is 0 Å². The van der Waals surface area contributed by atoms with Gasteiger partial charge in [0.1, 0.15) is 0 Å². The van der Waals surface area contributed by atoms with E-state index >= 15 is 0 Å². The lowest BCUT2D eigenvalue weighted by atomic mass is 10.0. The molecule has 0 radical (unpaired) electrons. The molecule has 2 nitrogen and oxygen atoms in total. The Hall–Kier alpha value is -0.340. The molecule has 2 heteroatoms. The standard InChI is InChI=1S/C18H36O2/c1-3-5-6-7-8-9-11-15-18(20)16-13-10-12-14-17(19)4-2/h12,14,17-20H,3-11,13,15-16H2,1-2H3/b14-12+. The first-order valence-electron chi connectivity index (χ1n) is 8.73. The summed E-state index contributed by atoms with van der Waals surface area (Å²) in [5.74, 6) is 0. The molecule has 0 aromatic rings.